The predicted octanol–water partition coefficient (Wildman–Crippen LogP) is 2.37. The van der Waals surface area contributed by atoms with E-state index in [4.69, 9.17) is 9.84 Å². The maximum absolute atomic E-state index is 12.4. The van der Waals surface area contributed by atoms with Gasteiger partial charge in [-0.25, -0.2) is 0 Å². The lowest BCUT2D eigenvalue weighted by Crippen LogP contribution is -2.45. The van der Waals surface area contributed by atoms with Crippen molar-refractivity contribution in [1.82, 2.24) is 5.32 Å². The van der Waals surface area contributed by atoms with Gasteiger partial charge in [0.15, 0.2) is 6.10 Å². The largest absolute Gasteiger partial charge is 0.481 e. The molecule has 1 saturated carbocycles. The molecule has 2 N–H and O–H groups in total. The zero-order valence-electron chi connectivity index (χ0n) is 13.6. The third-order valence-electron chi connectivity index (χ3n) is 5.07. The van der Waals surface area contributed by atoms with Crippen molar-refractivity contribution in [2.45, 2.75) is 58.1 Å². The van der Waals surface area contributed by atoms with E-state index in [1.807, 2.05) is 13.0 Å². The monoisotopic (exact) mass is 317 g/mol. The van der Waals surface area contributed by atoms with Gasteiger partial charge in [-0.2, -0.15) is 0 Å². The van der Waals surface area contributed by atoms with E-state index in [1.54, 1.807) is 0 Å². The Morgan fingerprint density at radius 3 is 2.43 bits per heavy atom. The van der Waals surface area contributed by atoms with E-state index in [2.05, 4.69) is 18.3 Å². The zero-order chi connectivity index (χ0) is 16.6. The van der Waals surface area contributed by atoms with Crippen LogP contribution in [0.3, 0.4) is 0 Å². The van der Waals surface area contributed by atoms with E-state index in [9.17, 15) is 9.59 Å². The second-order valence-electron chi connectivity index (χ2n) is 6.75. The number of rotatable bonds is 3. The molecule has 5 heteroatoms. The summed E-state index contributed by atoms with van der Waals surface area (Å²) in [4.78, 5) is 23.4. The van der Waals surface area contributed by atoms with Gasteiger partial charge in [-0.15, -0.1) is 0 Å². The van der Waals surface area contributed by atoms with E-state index in [0.717, 1.165) is 29.7 Å². The lowest BCUT2D eigenvalue weighted by Gasteiger charge is -2.27. The van der Waals surface area contributed by atoms with Crippen molar-refractivity contribution in [3.63, 3.8) is 0 Å². The summed E-state index contributed by atoms with van der Waals surface area (Å²) in [6.07, 6.45) is 2.84. The van der Waals surface area contributed by atoms with Crippen LogP contribution in [-0.2, 0) is 16.0 Å². The highest BCUT2D eigenvalue weighted by Gasteiger charge is 2.32. The summed E-state index contributed by atoms with van der Waals surface area (Å²) in [5.74, 6) is -0.269. The zero-order valence-corrected chi connectivity index (χ0v) is 13.6. The van der Waals surface area contributed by atoms with Crippen molar-refractivity contribution in [3.05, 3.63) is 28.8 Å². The third kappa shape index (κ3) is 3.33. The van der Waals surface area contributed by atoms with Gasteiger partial charge in [0.2, 0.25) is 0 Å². The summed E-state index contributed by atoms with van der Waals surface area (Å²) in [5, 5.41) is 12.0. The minimum Gasteiger partial charge on any atom is -0.481 e. The molecule has 0 radical (unpaired) electrons. The number of amides is 1. The molecule has 0 bridgehead atoms. The van der Waals surface area contributed by atoms with Crippen molar-refractivity contribution in [3.8, 4) is 5.75 Å². The molecule has 1 aliphatic carbocycles. The minimum absolute atomic E-state index is 0.0638. The first kappa shape index (κ1) is 15.8. The maximum Gasteiger partial charge on any atom is 0.306 e. The second kappa shape index (κ2) is 6.22. The molecule has 124 valence electrons. The van der Waals surface area contributed by atoms with Gasteiger partial charge in [-0.3, -0.25) is 9.59 Å². The number of hydrogen-bond acceptors (Lipinski definition) is 3. The van der Waals surface area contributed by atoms with Crippen molar-refractivity contribution >= 4 is 11.9 Å². The molecule has 1 unspecified atom stereocenters. The second-order valence-corrected chi connectivity index (χ2v) is 6.75. The van der Waals surface area contributed by atoms with Crippen LogP contribution >= 0.6 is 0 Å². The average Bonchev–Trinajstić information content (AvgIpc) is 2.91. The van der Waals surface area contributed by atoms with Gasteiger partial charge in [-0.05, 0) is 62.3 Å². The summed E-state index contributed by atoms with van der Waals surface area (Å²) in [6.45, 7) is 4.09. The van der Waals surface area contributed by atoms with Crippen LogP contribution in [0, 0.1) is 19.8 Å². The molecule has 1 atom stereocenters. The van der Waals surface area contributed by atoms with E-state index in [0.29, 0.717) is 19.3 Å². The number of ether oxygens (including phenoxy) is 1. The number of fused-ring (bicyclic) bond motifs is 1. The molecule has 3 rings (SSSR count). The van der Waals surface area contributed by atoms with Gasteiger partial charge in [0.05, 0.1) is 5.92 Å². The minimum atomic E-state index is -0.727. The first-order valence-electron chi connectivity index (χ1n) is 8.24. The number of carbonyl (C=O) groups is 2. The number of benzene rings is 1. The predicted molar refractivity (Wildman–Crippen MR) is 85.6 cm³/mol. The first-order chi connectivity index (χ1) is 10.9. The van der Waals surface area contributed by atoms with Crippen LogP contribution in [0.2, 0.25) is 0 Å². The van der Waals surface area contributed by atoms with E-state index in [-0.39, 0.29) is 17.9 Å². The molecule has 1 aliphatic heterocycles. The van der Waals surface area contributed by atoms with Crippen LogP contribution in [-0.4, -0.2) is 29.1 Å². The molecule has 1 fully saturated rings. The topological polar surface area (TPSA) is 75.6 Å². The Morgan fingerprint density at radius 2 is 1.78 bits per heavy atom. The number of aliphatic carboxylic acids is 1. The fourth-order valence-electron chi connectivity index (χ4n) is 3.44. The van der Waals surface area contributed by atoms with Gasteiger partial charge >= 0.3 is 5.97 Å². The first-order valence-corrected chi connectivity index (χ1v) is 8.24. The molecule has 23 heavy (non-hydrogen) atoms. The van der Waals surface area contributed by atoms with Gasteiger partial charge in [0, 0.05) is 12.5 Å². The lowest BCUT2D eigenvalue weighted by atomic mass is 9.86. The van der Waals surface area contributed by atoms with Crippen LogP contribution in [0.25, 0.3) is 0 Å². The molecular weight excluding hydrogens is 294 g/mol. The number of carbonyl (C=O) groups excluding carboxylic acids is 1. The van der Waals surface area contributed by atoms with Gasteiger partial charge in [0.25, 0.3) is 5.91 Å². The molecule has 0 aromatic heterocycles. The van der Waals surface area contributed by atoms with Gasteiger partial charge in [-0.1, -0.05) is 6.07 Å². The summed E-state index contributed by atoms with van der Waals surface area (Å²) < 4.78 is 5.80. The lowest BCUT2D eigenvalue weighted by molar-refractivity contribution is -0.142. The molecule has 1 amide bonds. The van der Waals surface area contributed by atoms with E-state index < -0.39 is 12.1 Å². The Kier molecular flexibility index (Phi) is 4.28. The number of carboxylic acid groups (broad SMARTS) is 1. The summed E-state index contributed by atoms with van der Waals surface area (Å²) in [7, 11) is 0. The molecule has 0 saturated heterocycles. The molecule has 0 spiro atoms. The standard InChI is InChI=1S/C18H23NO4/c1-10-7-13-9-16(23-15(13)8-11(10)2)17(20)19-14-5-3-12(4-6-14)18(21)22/h7-8,12,14,16H,3-6,9H2,1-2H3,(H,19,20)(H,21,22). The highest BCUT2D eigenvalue weighted by molar-refractivity contribution is 5.83. The molecule has 1 aromatic rings. The van der Waals surface area contributed by atoms with Crippen LogP contribution in [0.1, 0.15) is 42.4 Å². The van der Waals surface area contributed by atoms with Crippen LogP contribution < -0.4 is 10.1 Å². The molecule has 2 aliphatic rings. The normalized spacial score (nSPS) is 26.3. The SMILES string of the molecule is Cc1cc2c(cc1C)OC(C(=O)NC1CCC(C(=O)O)CC1)C2. The van der Waals surface area contributed by atoms with Crippen molar-refractivity contribution in [2.24, 2.45) is 5.92 Å². The van der Waals surface area contributed by atoms with Gasteiger partial charge < -0.3 is 15.2 Å². The number of aryl methyl sites for hydroxylation is 2. The highest BCUT2D eigenvalue weighted by Crippen LogP contribution is 2.32. The molecule has 1 aromatic carbocycles. The fourth-order valence-corrected chi connectivity index (χ4v) is 3.44. The van der Waals surface area contributed by atoms with E-state index in [1.165, 1.54) is 5.56 Å². The number of nitrogens with one attached hydrogen (secondary N) is 1. The Balaban J connectivity index is 1.55. The third-order valence-corrected chi connectivity index (χ3v) is 5.07. The number of carboxylic acids is 1. The van der Waals surface area contributed by atoms with Crippen molar-refractivity contribution in [2.75, 3.05) is 0 Å². The van der Waals surface area contributed by atoms with Crippen LogP contribution in [0.4, 0.5) is 0 Å². The summed E-state index contributed by atoms with van der Waals surface area (Å²) >= 11 is 0. The summed E-state index contributed by atoms with van der Waals surface area (Å²) in [5.41, 5.74) is 3.46. The quantitative estimate of drug-likeness (QED) is 0.897. The van der Waals surface area contributed by atoms with Crippen molar-refractivity contribution in [1.29, 1.82) is 0 Å². The maximum atomic E-state index is 12.4. The Morgan fingerprint density at radius 1 is 1.13 bits per heavy atom. The molecule has 1 heterocycles. The Labute approximate surface area is 136 Å². The summed E-state index contributed by atoms with van der Waals surface area (Å²) in [6, 6.07) is 4.15. The number of hydrogen-bond donors (Lipinski definition) is 2. The van der Waals surface area contributed by atoms with Crippen LogP contribution in [0.5, 0.6) is 5.75 Å². The Bertz CT molecular complexity index is 601. The fraction of sp³-hybridized carbons (Fsp3) is 0.556. The average molecular weight is 317 g/mol. The smallest absolute Gasteiger partial charge is 0.306 e. The molecular formula is C18H23NO4. The van der Waals surface area contributed by atoms with E-state index >= 15 is 0 Å². The van der Waals surface area contributed by atoms with Crippen LogP contribution in [0.15, 0.2) is 12.1 Å². The van der Waals surface area contributed by atoms with Gasteiger partial charge in [0.1, 0.15) is 5.75 Å². The highest BCUT2D eigenvalue weighted by atomic mass is 16.5. The molecule has 5 nitrogen and oxygen atoms in total. The Hall–Kier alpha value is -2.04. The van der Waals surface area contributed by atoms with Crippen molar-refractivity contribution < 1.29 is 19.4 Å².